The molecule has 0 radical (unpaired) electrons. The fourth-order valence-corrected chi connectivity index (χ4v) is 3.23. The zero-order chi connectivity index (χ0) is 9.31. The Morgan fingerprint density at radius 3 is 2.77 bits per heavy atom. The summed E-state index contributed by atoms with van der Waals surface area (Å²) >= 11 is 2.11. The lowest BCUT2D eigenvalue weighted by molar-refractivity contribution is 0.140. The van der Waals surface area contributed by atoms with Gasteiger partial charge in [-0.15, -0.1) is 0 Å². The summed E-state index contributed by atoms with van der Waals surface area (Å²) in [4.78, 5) is 2.70. The summed E-state index contributed by atoms with van der Waals surface area (Å²) in [7, 11) is 0. The largest absolute Gasteiger partial charge is 0.297 e. The van der Waals surface area contributed by atoms with Crippen molar-refractivity contribution in [2.45, 2.75) is 38.6 Å². The van der Waals surface area contributed by atoms with Gasteiger partial charge in [-0.1, -0.05) is 12.8 Å². The first kappa shape index (κ1) is 9.85. The predicted octanol–water partition coefficient (Wildman–Crippen LogP) is 2.61. The monoisotopic (exact) mass is 199 g/mol. The van der Waals surface area contributed by atoms with Crippen LogP contribution in [0.3, 0.4) is 0 Å². The van der Waals surface area contributed by atoms with Crippen molar-refractivity contribution < 1.29 is 0 Å². The standard InChI is InChI=1S/C11H21NS/c1-11(2)9-13-8-7-12(11)6-5-10-3-4-10/h10H,3-9H2,1-2H3. The highest BCUT2D eigenvalue weighted by Gasteiger charge is 2.31. The lowest BCUT2D eigenvalue weighted by atomic mass is 10.0. The zero-order valence-corrected chi connectivity index (χ0v) is 9.70. The molecule has 1 aliphatic carbocycles. The van der Waals surface area contributed by atoms with Crippen molar-refractivity contribution in [3.8, 4) is 0 Å². The fourth-order valence-electron chi connectivity index (χ4n) is 2.05. The molecule has 0 atom stereocenters. The van der Waals surface area contributed by atoms with Gasteiger partial charge in [0.2, 0.25) is 0 Å². The first-order valence-electron chi connectivity index (χ1n) is 5.51. The van der Waals surface area contributed by atoms with Crippen LogP contribution in [-0.2, 0) is 0 Å². The van der Waals surface area contributed by atoms with Crippen molar-refractivity contribution >= 4 is 11.8 Å². The number of hydrogen-bond donors (Lipinski definition) is 0. The quantitative estimate of drug-likeness (QED) is 0.687. The Hall–Kier alpha value is 0.310. The molecule has 1 saturated heterocycles. The Labute approximate surface area is 86.3 Å². The molecule has 1 nitrogen and oxygen atoms in total. The minimum absolute atomic E-state index is 0.456. The van der Waals surface area contributed by atoms with E-state index in [-0.39, 0.29) is 0 Å². The van der Waals surface area contributed by atoms with Crippen LogP contribution in [0.2, 0.25) is 0 Å². The fraction of sp³-hybridized carbons (Fsp3) is 1.00. The molecule has 2 rings (SSSR count). The molecule has 1 aliphatic heterocycles. The average molecular weight is 199 g/mol. The normalized spacial score (nSPS) is 29.1. The van der Waals surface area contributed by atoms with Crippen LogP contribution in [0.25, 0.3) is 0 Å². The maximum absolute atomic E-state index is 2.70. The average Bonchev–Trinajstić information content (AvgIpc) is 2.85. The van der Waals surface area contributed by atoms with Crippen LogP contribution in [0.15, 0.2) is 0 Å². The molecular weight excluding hydrogens is 178 g/mol. The van der Waals surface area contributed by atoms with E-state index >= 15 is 0 Å². The van der Waals surface area contributed by atoms with Crippen LogP contribution in [0.1, 0.15) is 33.1 Å². The van der Waals surface area contributed by atoms with Crippen molar-refractivity contribution in [2.75, 3.05) is 24.6 Å². The Morgan fingerprint density at radius 1 is 1.38 bits per heavy atom. The molecule has 76 valence electrons. The van der Waals surface area contributed by atoms with Gasteiger partial charge in [-0.05, 0) is 32.7 Å². The predicted molar refractivity (Wildman–Crippen MR) is 60.3 cm³/mol. The highest BCUT2D eigenvalue weighted by atomic mass is 32.2. The van der Waals surface area contributed by atoms with E-state index in [0.717, 1.165) is 5.92 Å². The van der Waals surface area contributed by atoms with Gasteiger partial charge < -0.3 is 0 Å². The third-order valence-corrected chi connectivity index (χ3v) is 4.70. The van der Waals surface area contributed by atoms with Crippen LogP contribution in [0.4, 0.5) is 0 Å². The lowest BCUT2D eigenvalue weighted by Gasteiger charge is -2.42. The van der Waals surface area contributed by atoms with Crippen molar-refractivity contribution in [2.24, 2.45) is 5.92 Å². The molecule has 0 aromatic carbocycles. The summed E-state index contributed by atoms with van der Waals surface area (Å²) in [6.07, 6.45) is 4.46. The Bertz CT molecular complexity index is 175. The topological polar surface area (TPSA) is 3.24 Å². The summed E-state index contributed by atoms with van der Waals surface area (Å²) in [5.74, 6) is 3.75. The second kappa shape index (κ2) is 3.82. The summed E-state index contributed by atoms with van der Waals surface area (Å²) < 4.78 is 0. The second-order valence-corrected chi connectivity index (χ2v) is 6.19. The van der Waals surface area contributed by atoms with Crippen molar-refractivity contribution in [3.05, 3.63) is 0 Å². The first-order valence-corrected chi connectivity index (χ1v) is 6.67. The molecule has 2 heteroatoms. The smallest absolute Gasteiger partial charge is 0.0243 e. The molecule has 2 fully saturated rings. The Kier molecular flexibility index (Phi) is 2.89. The van der Waals surface area contributed by atoms with E-state index in [0.29, 0.717) is 5.54 Å². The van der Waals surface area contributed by atoms with Gasteiger partial charge in [-0.25, -0.2) is 0 Å². The lowest BCUT2D eigenvalue weighted by Crippen LogP contribution is -2.50. The molecule has 13 heavy (non-hydrogen) atoms. The molecule has 2 aliphatic rings. The van der Waals surface area contributed by atoms with Crippen LogP contribution >= 0.6 is 11.8 Å². The molecule has 1 saturated carbocycles. The molecule has 0 N–H and O–H groups in total. The van der Waals surface area contributed by atoms with E-state index < -0.39 is 0 Å². The van der Waals surface area contributed by atoms with Crippen LogP contribution in [0.5, 0.6) is 0 Å². The third-order valence-electron chi connectivity index (χ3n) is 3.32. The van der Waals surface area contributed by atoms with E-state index in [2.05, 4.69) is 30.5 Å². The van der Waals surface area contributed by atoms with Gasteiger partial charge in [-0.3, -0.25) is 4.90 Å². The minimum atomic E-state index is 0.456. The van der Waals surface area contributed by atoms with Crippen LogP contribution < -0.4 is 0 Å². The van der Waals surface area contributed by atoms with Gasteiger partial charge in [0, 0.05) is 23.6 Å². The van der Waals surface area contributed by atoms with Gasteiger partial charge in [-0.2, -0.15) is 11.8 Å². The van der Waals surface area contributed by atoms with E-state index in [1.165, 1.54) is 43.9 Å². The van der Waals surface area contributed by atoms with Gasteiger partial charge in [0.05, 0.1) is 0 Å². The van der Waals surface area contributed by atoms with Crippen LogP contribution in [0, 0.1) is 5.92 Å². The highest BCUT2D eigenvalue weighted by molar-refractivity contribution is 7.99. The number of rotatable bonds is 3. The Balaban J connectivity index is 1.79. The van der Waals surface area contributed by atoms with E-state index in [9.17, 15) is 0 Å². The van der Waals surface area contributed by atoms with Crippen LogP contribution in [-0.4, -0.2) is 35.0 Å². The van der Waals surface area contributed by atoms with E-state index in [4.69, 9.17) is 0 Å². The van der Waals surface area contributed by atoms with E-state index in [1.54, 1.807) is 0 Å². The molecule has 0 aromatic rings. The van der Waals surface area contributed by atoms with Gasteiger partial charge >= 0.3 is 0 Å². The second-order valence-electron chi connectivity index (χ2n) is 5.08. The maximum atomic E-state index is 2.70. The molecule has 0 spiro atoms. The number of thioether (sulfide) groups is 1. The minimum Gasteiger partial charge on any atom is -0.297 e. The zero-order valence-electron chi connectivity index (χ0n) is 8.88. The van der Waals surface area contributed by atoms with Gasteiger partial charge in [0.15, 0.2) is 0 Å². The van der Waals surface area contributed by atoms with Crippen molar-refractivity contribution in [1.29, 1.82) is 0 Å². The molecule has 0 aromatic heterocycles. The highest BCUT2D eigenvalue weighted by Crippen LogP contribution is 2.34. The molecule has 0 amide bonds. The van der Waals surface area contributed by atoms with Crippen molar-refractivity contribution in [3.63, 3.8) is 0 Å². The molecule has 0 unspecified atom stereocenters. The molecule has 1 heterocycles. The maximum Gasteiger partial charge on any atom is 0.0243 e. The SMILES string of the molecule is CC1(C)CSCCN1CCC1CC1. The molecular formula is C11H21NS. The molecule has 0 bridgehead atoms. The summed E-state index contributed by atoms with van der Waals surface area (Å²) in [6.45, 7) is 7.45. The summed E-state index contributed by atoms with van der Waals surface area (Å²) in [5.41, 5.74) is 0.456. The Morgan fingerprint density at radius 2 is 2.15 bits per heavy atom. The first-order chi connectivity index (χ1) is 6.18. The summed E-state index contributed by atoms with van der Waals surface area (Å²) in [6, 6.07) is 0. The van der Waals surface area contributed by atoms with Crippen molar-refractivity contribution in [1.82, 2.24) is 4.90 Å². The number of hydrogen-bond acceptors (Lipinski definition) is 2. The van der Waals surface area contributed by atoms with Gasteiger partial charge in [0.1, 0.15) is 0 Å². The van der Waals surface area contributed by atoms with Gasteiger partial charge in [0.25, 0.3) is 0 Å². The summed E-state index contributed by atoms with van der Waals surface area (Å²) in [5, 5.41) is 0. The number of nitrogens with zero attached hydrogens (tertiary/aromatic N) is 1. The third kappa shape index (κ3) is 2.63. The van der Waals surface area contributed by atoms with E-state index in [1.807, 2.05) is 0 Å².